The van der Waals surface area contributed by atoms with Crippen LogP contribution in [-0.2, 0) is 0 Å². The van der Waals surface area contributed by atoms with Crippen LogP contribution in [0.2, 0.25) is 10.0 Å². The van der Waals surface area contributed by atoms with Gasteiger partial charge in [0.2, 0.25) is 0 Å². The fraction of sp³-hybridized carbons (Fsp3) is 0.538. The zero-order chi connectivity index (χ0) is 14.7. The van der Waals surface area contributed by atoms with Crippen molar-refractivity contribution in [2.45, 2.75) is 19.3 Å². The van der Waals surface area contributed by atoms with E-state index < -0.39 is 4.92 Å². The van der Waals surface area contributed by atoms with E-state index in [2.05, 4.69) is 4.90 Å². The van der Waals surface area contributed by atoms with Gasteiger partial charge < -0.3 is 10.6 Å². The first-order valence-electron chi connectivity index (χ1n) is 6.61. The Morgan fingerprint density at radius 1 is 1.30 bits per heavy atom. The van der Waals surface area contributed by atoms with Crippen molar-refractivity contribution in [3.8, 4) is 0 Å². The molecule has 0 aromatic heterocycles. The van der Waals surface area contributed by atoms with Crippen LogP contribution in [-0.4, -0.2) is 24.6 Å². The quantitative estimate of drug-likeness (QED) is 0.681. The van der Waals surface area contributed by atoms with Crippen LogP contribution in [0.1, 0.15) is 19.3 Å². The number of anilines is 1. The molecule has 0 radical (unpaired) electrons. The average molecular weight is 318 g/mol. The summed E-state index contributed by atoms with van der Waals surface area (Å²) in [5.41, 5.74) is 6.20. The fourth-order valence-corrected chi connectivity index (χ4v) is 3.36. The van der Waals surface area contributed by atoms with Gasteiger partial charge in [-0.1, -0.05) is 23.2 Å². The van der Waals surface area contributed by atoms with Gasteiger partial charge in [-0.15, -0.1) is 0 Å². The second-order valence-electron chi connectivity index (χ2n) is 5.02. The van der Waals surface area contributed by atoms with Gasteiger partial charge in [-0.05, 0) is 31.7 Å². The third kappa shape index (κ3) is 3.34. The third-order valence-electron chi connectivity index (χ3n) is 3.72. The number of nitrogens with zero attached hydrogens (tertiary/aromatic N) is 2. The normalized spacial score (nSPS) is 16.4. The molecule has 5 nitrogen and oxygen atoms in total. The second-order valence-corrected chi connectivity index (χ2v) is 5.84. The standard InChI is InChI=1S/C13H17Cl2N3O2/c14-11-7-10(18(19)20)8-12(15)13(11)17-5-2-9(1-4-16)3-6-17/h7-9H,1-6,16H2. The summed E-state index contributed by atoms with van der Waals surface area (Å²) in [6.07, 6.45) is 3.12. The molecular weight excluding hydrogens is 301 g/mol. The molecular formula is C13H17Cl2N3O2. The number of rotatable bonds is 4. The van der Waals surface area contributed by atoms with Gasteiger partial charge in [0.15, 0.2) is 0 Å². The van der Waals surface area contributed by atoms with Gasteiger partial charge in [-0.2, -0.15) is 0 Å². The van der Waals surface area contributed by atoms with Crippen molar-refractivity contribution in [2.24, 2.45) is 11.7 Å². The van der Waals surface area contributed by atoms with Gasteiger partial charge in [0.1, 0.15) is 0 Å². The highest BCUT2D eigenvalue weighted by atomic mass is 35.5. The molecule has 2 N–H and O–H groups in total. The summed E-state index contributed by atoms with van der Waals surface area (Å²) in [6, 6.07) is 2.71. The lowest BCUT2D eigenvalue weighted by atomic mass is 9.93. The van der Waals surface area contributed by atoms with Crippen LogP contribution >= 0.6 is 23.2 Å². The smallest absolute Gasteiger partial charge is 0.272 e. The Morgan fingerprint density at radius 3 is 2.30 bits per heavy atom. The summed E-state index contributed by atoms with van der Waals surface area (Å²) in [6.45, 7) is 2.41. The Balaban J connectivity index is 2.16. The first kappa shape index (κ1) is 15.4. The molecule has 0 spiro atoms. The number of piperidine rings is 1. The lowest BCUT2D eigenvalue weighted by Crippen LogP contribution is -2.34. The molecule has 0 saturated carbocycles. The highest BCUT2D eigenvalue weighted by Crippen LogP contribution is 2.39. The van der Waals surface area contributed by atoms with Crippen LogP contribution in [0.3, 0.4) is 0 Å². The number of nitro groups is 1. The molecule has 20 heavy (non-hydrogen) atoms. The molecule has 1 saturated heterocycles. The van der Waals surface area contributed by atoms with E-state index in [0.29, 0.717) is 28.2 Å². The molecule has 0 aliphatic carbocycles. The number of hydrogen-bond acceptors (Lipinski definition) is 4. The topological polar surface area (TPSA) is 72.4 Å². The molecule has 1 fully saturated rings. The summed E-state index contributed by atoms with van der Waals surface area (Å²) in [5, 5.41) is 11.4. The average Bonchev–Trinajstić information content (AvgIpc) is 2.40. The highest BCUT2D eigenvalue weighted by Gasteiger charge is 2.24. The molecule has 110 valence electrons. The van der Waals surface area contributed by atoms with Crippen molar-refractivity contribution in [3.63, 3.8) is 0 Å². The van der Waals surface area contributed by atoms with Gasteiger partial charge >= 0.3 is 0 Å². The predicted molar refractivity (Wildman–Crippen MR) is 81.7 cm³/mol. The van der Waals surface area contributed by atoms with Crippen LogP contribution < -0.4 is 10.6 Å². The summed E-state index contributed by atoms with van der Waals surface area (Å²) < 4.78 is 0. The van der Waals surface area contributed by atoms with Crippen LogP contribution in [0.4, 0.5) is 11.4 Å². The summed E-state index contributed by atoms with van der Waals surface area (Å²) in [4.78, 5) is 12.4. The van der Waals surface area contributed by atoms with Crippen molar-refractivity contribution in [2.75, 3.05) is 24.5 Å². The maximum atomic E-state index is 10.8. The van der Waals surface area contributed by atoms with Crippen molar-refractivity contribution in [3.05, 3.63) is 32.3 Å². The van der Waals surface area contributed by atoms with Gasteiger partial charge in [-0.25, -0.2) is 0 Å². The Hall–Kier alpha value is -1.04. The highest BCUT2D eigenvalue weighted by molar-refractivity contribution is 6.39. The molecule has 0 amide bonds. The molecule has 7 heteroatoms. The minimum atomic E-state index is -0.491. The molecule has 1 aliphatic heterocycles. The lowest BCUT2D eigenvalue weighted by molar-refractivity contribution is -0.384. The van der Waals surface area contributed by atoms with E-state index in [9.17, 15) is 10.1 Å². The van der Waals surface area contributed by atoms with Crippen LogP contribution in [0, 0.1) is 16.0 Å². The maximum absolute atomic E-state index is 10.8. The zero-order valence-corrected chi connectivity index (χ0v) is 12.5. The van der Waals surface area contributed by atoms with E-state index in [1.165, 1.54) is 12.1 Å². The molecule has 0 unspecified atom stereocenters. The Bertz CT molecular complexity index is 479. The molecule has 1 aromatic rings. The van der Waals surface area contributed by atoms with Crippen LogP contribution in [0.25, 0.3) is 0 Å². The number of non-ortho nitro benzene ring substituents is 1. The zero-order valence-electron chi connectivity index (χ0n) is 11.0. The second kappa shape index (κ2) is 6.61. The first-order chi connectivity index (χ1) is 9.52. The molecule has 1 aliphatic rings. The molecule has 0 bridgehead atoms. The molecule has 0 atom stereocenters. The van der Waals surface area contributed by atoms with E-state index in [4.69, 9.17) is 28.9 Å². The molecule has 1 aromatic carbocycles. The van der Waals surface area contributed by atoms with E-state index >= 15 is 0 Å². The van der Waals surface area contributed by atoms with Gasteiger partial charge in [-0.3, -0.25) is 10.1 Å². The van der Waals surface area contributed by atoms with Gasteiger partial charge in [0.05, 0.1) is 20.7 Å². The minimum absolute atomic E-state index is 0.0817. The van der Waals surface area contributed by atoms with Crippen molar-refractivity contribution >= 4 is 34.6 Å². The minimum Gasteiger partial charge on any atom is -0.369 e. The van der Waals surface area contributed by atoms with Crippen molar-refractivity contribution in [1.82, 2.24) is 0 Å². The monoisotopic (exact) mass is 317 g/mol. The van der Waals surface area contributed by atoms with E-state index in [-0.39, 0.29) is 5.69 Å². The Kier molecular flexibility index (Phi) is 5.07. The Morgan fingerprint density at radius 2 is 1.85 bits per heavy atom. The largest absolute Gasteiger partial charge is 0.369 e. The summed E-state index contributed by atoms with van der Waals surface area (Å²) in [7, 11) is 0. The number of hydrogen-bond donors (Lipinski definition) is 1. The van der Waals surface area contributed by atoms with Crippen molar-refractivity contribution < 1.29 is 4.92 Å². The van der Waals surface area contributed by atoms with Gasteiger partial charge in [0, 0.05) is 25.2 Å². The maximum Gasteiger partial charge on any atom is 0.272 e. The SMILES string of the molecule is NCCC1CCN(c2c(Cl)cc([N+](=O)[O-])cc2Cl)CC1. The van der Waals surface area contributed by atoms with Crippen LogP contribution in [0.5, 0.6) is 0 Å². The van der Waals surface area contributed by atoms with Crippen molar-refractivity contribution in [1.29, 1.82) is 0 Å². The van der Waals surface area contributed by atoms with E-state index in [0.717, 1.165) is 32.4 Å². The molecule has 2 rings (SSSR count). The van der Waals surface area contributed by atoms with E-state index in [1.807, 2.05) is 0 Å². The lowest BCUT2D eigenvalue weighted by Gasteiger charge is -2.34. The van der Waals surface area contributed by atoms with E-state index in [1.54, 1.807) is 0 Å². The van der Waals surface area contributed by atoms with Crippen LogP contribution in [0.15, 0.2) is 12.1 Å². The first-order valence-corrected chi connectivity index (χ1v) is 7.37. The number of halogens is 2. The predicted octanol–water partition coefficient (Wildman–Crippen LogP) is 3.47. The fourth-order valence-electron chi connectivity index (χ4n) is 2.64. The number of nitro benzene ring substituents is 1. The molecule has 1 heterocycles. The number of nitrogens with two attached hydrogens (primary N) is 1. The Labute approximate surface area is 127 Å². The summed E-state index contributed by atoms with van der Waals surface area (Å²) >= 11 is 12.3. The summed E-state index contributed by atoms with van der Waals surface area (Å²) in [5.74, 6) is 0.645. The number of benzene rings is 1. The third-order valence-corrected chi connectivity index (χ3v) is 4.29. The van der Waals surface area contributed by atoms with Gasteiger partial charge in [0.25, 0.3) is 5.69 Å².